The van der Waals surface area contributed by atoms with Crippen LogP contribution in [0.1, 0.15) is 48.7 Å². The highest BCUT2D eigenvalue weighted by molar-refractivity contribution is 5.32. The summed E-state index contributed by atoms with van der Waals surface area (Å²) in [5.41, 5.74) is 10.6. The van der Waals surface area contributed by atoms with E-state index in [-0.39, 0.29) is 6.04 Å². The Labute approximate surface area is 116 Å². The SMILES string of the molecule is Cc1cc2c(n1CC1CCCN(C)C1)CCCC2N. The number of hydrogen-bond donors (Lipinski definition) is 1. The third kappa shape index (κ3) is 2.59. The van der Waals surface area contributed by atoms with Gasteiger partial charge in [-0.2, -0.15) is 0 Å². The van der Waals surface area contributed by atoms with Crippen LogP contribution < -0.4 is 5.73 Å². The molecule has 3 heteroatoms. The average Bonchev–Trinajstić information content (AvgIpc) is 2.69. The summed E-state index contributed by atoms with van der Waals surface area (Å²) in [5.74, 6) is 0.812. The Bertz CT molecular complexity index is 449. The van der Waals surface area contributed by atoms with Crippen LogP contribution in [0.4, 0.5) is 0 Å². The average molecular weight is 261 g/mol. The molecule has 2 N–H and O–H groups in total. The third-order valence-electron chi connectivity index (χ3n) is 4.94. The van der Waals surface area contributed by atoms with Crippen molar-refractivity contribution in [1.29, 1.82) is 0 Å². The predicted octanol–water partition coefficient (Wildman–Crippen LogP) is 2.47. The van der Waals surface area contributed by atoms with Gasteiger partial charge >= 0.3 is 0 Å². The smallest absolute Gasteiger partial charge is 0.0313 e. The van der Waals surface area contributed by atoms with Gasteiger partial charge in [0.15, 0.2) is 0 Å². The van der Waals surface area contributed by atoms with E-state index in [1.165, 1.54) is 62.3 Å². The minimum absolute atomic E-state index is 0.276. The van der Waals surface area contributed by atoms with E-state index in [9.17, 15) is 0 Å². The zero-order valence-electron chi connectivity index (χ0n) is 12.4. The summed E-state index contributed by atoms with van der Waals surface area (Å²) >= 11 is 0. The molecule has 0 bridgehead atoms. The quantitative estimate of drug-likeness (QED) is 0.887. The summed E-state index contributed by atoms with van der Waals surface area (Å²) in [4.78, 5) is 2.48. The molecule has 106 valence electrons. The molecule has 2 unspecified atom stereocenters. The highest BCUT2D eigenvalue weighted by Gasteiger charge is 2.24. The molecular formula is C16H27N3. The van der Waals surface area contributed by atoms with Crippen LogP contribution >= 0.6 is 0 Å². The molecule has 1 fully saturated rings. The van der Waals surface area contributed by atoms with E-state index in [1.54, 1.807) is 0 Å². The molecule has 1 aromatic heterocycles. The van der Waals surface area contributed by atoms with Crippen LogP contribution in [0.2, 0.25) is 0 Å². The van der Waals surface area contributed by atoms with Gasteiger partial charge in [0.05, 0.1) is 0 Å². The maximum atomic E-state index is 6.26. The molecule has 19 heavy (non-hydrogen) atoms. The maximum absolute atomic E-state index is 6.26. The molecule has 2 atom stereocenters. The fourth-order valence-electron chi connectivity index (χ4n) is 3.93. The second kappa shape index (κ2) is 5.29. The van der Waals surface area contributed by atoms with E-state index in [4.69, 9.17) is 5.73 Å². The van der Waals surface area contributed by atoms with Crippen molar-refractivity contribution in [1.82, 2.24) is 9.47 Å². The van der Waals surface area contributed by atoms with E-state index in [0.717, 1.165) is 12.3 Å². The molecule has 2 aliphatic rings. The van der Waals surface area contributed by atoms with Gasteiger partial charge in [0.2, 0.25) is 0 Å². The normalized spacial score (nSPS) is 28.4. The number of fused-ring (bicyclic) bond motifs is 1. The maximum Gasteiger partial charge on any atom is 0.0313 e. The molecule has 1 aliphatic carbocycles. The Morgan fingerprint density at radius 1 is 1.32 bits per heavy atom. The number of hydrogen-bond acceptors (Lipinski definition) is 2. The van der Waals surface area contributed by atoms with Gasteiger partial charge in [0.25, 0.3) is 0 Å². The lowest BCUT2D eigenvalue weighted by Crippen LogP contribution is -2.34. The number of aromatic nitrogens is 1. The fourth-order valence-corrected chi connectivity index (χ4v) is 3.93. The molecule has 2 heterocycles. The lowest BCUT2D eigenvalue weighted by atomic mass is 9.93. The zero-order chi connectivity index (χ0) is 13.4. The highest BCUT2D eigenvalue weighted by atomic mass is 15.1. The molecule has 3 nitrogen and oxygen atoms in total. The molecule has 1 saturated heterocycles. The Kier molecular flexibility index (Phi) is 3.68. The molecule has 1 aromatic rings. The van der Waals surface area contributed by atoms with Crippen molar-refractivity contribution in [3.05, 3.63) is 23.0 Å². The summed E-state index contributed by atoms with van der Waals surface area (Å²) < 4.78 is 2.57. The van der Waals surface area contributed by atoms with E-state index in [0.29, 0.717) is 0 Å². The third-order valence-corrected chi connectivity index (χ3v) is 4.94. The van der Waals surface area contributed by atoms with Crippen LogP contribution in [-0.2, 0) is 13.0 Å². The van der Waals surface area contributed by atoms with Crippen LogP contribution in [0.25, 0.3) is 0 Å². The van der Waals surface area contributed by atoms with E-state index in [2.05, 4.69) is 29.5 Å². The summed E-state index contributed by atoms with van der Waals surface area (Å²) in [6.45, 7) is 5.96. The zero-order valence-corrected chi connectivity index (χ0v) is 12.4. The van der Waals surface area contributed by atoms with Crippen LogP contribution in [0, 0.1) is 12.8 Å². The minimum atomic E-state index is 0.276. The predicted molar refractivity (Wildman–Crippen MR) is 79.3 cm³/mol. The van der Waals surface area contributed by atoms with Gasteiger partial charge < -0.3 is 15.2 Å². The monoisotopic (exact) mass is 261 g/mol. The molecule has 3 rings (SSSR count). The summed E-state index contributed by atoms with van der Waals surface area (Å²) in [6.07, 6.45) is 6.36. The van der Waals surface area contributed by atoms with Crippen molar-refractivity contribution >= 4 is 0 Å². The van der Waals surface area contributed by atoms with Crippen molar-refractivity contribution < 1.29 is 0 Å². The largest absolute Gasteiger partial charge is 0.348 e. The van der Waals surface area contributed by atoms with E-state index >= 15 is 0 Å². The first kappa shape index (κ1) is 13.2. The summed E-state index contributed by atoms with van der Waals surface area (Å²) in [5, 5.41) is 0. The van der Waals surface area contributed by atoms with Crippen molar-refractivity contribution in [3.8, 4) is 0 Å². The van der Waals surface area contributed by atoms with Gasteiger partial charge in [-0.15, -0.1) is 0 Å². The highest BCUT2D eigenvalue weighted by Crippen LogP contribution is 2.32. The van der Waals surface area contributed by atoms with Gasteiger partial charge in [0.1, 0.15) is 0 Å². The van der Waals surface area contributed by atoms with Crippen molar-refractivity contribution in [2.24, 2.45) is 11.7 Å². The fraction of sp³-hybridized carbons (Fsp3) is 0.750. The van der Waals surface area contributed by atoms with Crippen molar-refractivity contribution in [2.45, 2.75) is 51.6 Å². The Balaban J connectivity index is 1.81. The Morgan fingerprint density at radius 2 is 2.16 bits per heavy atom. The van der Waals surface area contributed by atoms with Crippen LogP contribution in [0.5, 0.6) is 0 Å². The summed E-state index contributed by atoms with van der Waals surface area (Å²) in [6, 6.07) is 2.61. The van der Waals surface area contributed by atoms with Crippen LogP contribution in [0.15, 0.2) is 6.07 Å². The summed E-state index contributed by atoms with van der Waals surface area (Å²) in [7, 11) is 2.25. The van der Waals surface area contributed by atoms with Crippen molar-refractivity contribution in [2.75, 3.05) is 20.1 Å². The number of aryl methyl sites for hydroxylation is 1. The van der Waals surface area contributed by atoms with Crippen molar-refractivity contribution in [3.63, 3.8) is 0 Å². The second-order valence-electron chi connectivity index (χ2n) is 6.57. The second-order valence-corrected chi connectivity index (χ2v) is 6.57. The first-order chi connectivity index (χ1) is 9.15. The molecule has 1 aliphatic heterocycles. The molecular weight excluding hydrogens is 234 g/mol. The number of rotatable bonds is 2. The van der Waals surface area contributed by atoms with Gasteiger partial charge in [-0.1, -0.05) is 0 Å². The molecule has 0 spiro atoms. The number of likely N-dealkylation sites (tertiary alicyclic amines) is 1. The van der Waals surface area contributed by atoms with Gasteiger partial charge in [-0.3, -0.25) is 0 Å². The molecule has 0 saturated carbocycles. The standard InChI is InChI=1S/C16H27N3/c1-12-9-14-15(17)6-3-7-16(14)19(12)11-13-5-4-8-18(2)10-13/h9,13,15H,3-8,10-11,17H2,1-2H3. The van der Waals surface area contributed by atoms with Crippen LogP contribution in [0.3, 0.4) is 0 Å². The lowest BCUT2D eigenvalue weighted by Gasteiger charge is -2.31. The Morgan fingerprint density at radius 3 is 2.95 bits per heavy atom. The van der Waals surface area contributed by atoms with Crippen LogP contribution in [-0.4, -0.2) is 29.6 Å². The Hall–Kier alpha value is -0.800. The number of piperidine rings is 1. The number of nitrogens with two attached hydrogens (primary N) is 1. The van der Waals surface area contributed by atoms with E-state index in [1.807, 2.05) is 0 Å². The minimum Gasteiger partial charge on any atom is -0.348 e. The molecule has 0 radical (unpaired) electrons. The topological polar surface area (TPSA) is 34.2 Å². The first-order valence-corrected chi connectivity index (χ1v) is 7.78. The number of nitrogens with zero attached hydrogens (tertiary/aromatic N) is 2. The lowest BCUT2D eigenvalue weighted by molar-refractivity contribution is 0.193. The van der Waals surface area contributed by atoms with Gasteiger partial charge in [-0.25, -0.2) is 0 Å². The van der Waals surface area contributed by atoms with Gasteiger partial charge in [0, 0.05) is 30.5 Å². The first-order valence-electron chi connectivity index (χ1n) is 7.78. The van der Waals surface area contributed by atoms with E-state index < -0.39 is 0 Å². The molecule has 0 amide bonds. The molecule has 0 aromatic carbocycles. The van der Waals surface area contributed by atoms with Gasteiger partial charge in [-0.05, 0) is 70.2 Å².